The molecule has 2 aromatic heterocycles. The lowest BCUT2D eigenvalue weighted by Crippen LogP contribution is -2.49. The van der Waals surface area contributed by atoms with Crippen LogP contribution in [0.1, 0.15) is 78.5 Å². The molecule has 0 bridgehead atoms. The van der Waals surface area contributed by atoms with Crippen LogP contribution in [0.5, 0.6) is 0 Å². The van der Waals surface area contributed by atoms with E-state index in [1.807, 2.05) is 24.1 Å². The van der Waals surface area contributed by atoms with Crippen molar-refractivity contribution in [2.24, 2.45) is 11.7 Å². The molecule has 5 aliphatic heterocycles. The summed E-state index contributed by atoms with van der Waals surface area (Å²) in [6.45, 7) is 8.93. The number of hydrogen-bond donors (Lipinski definition) is 3. The van der Waals surface area contributed by atoms with Crippen molar-refractivity contribution in [3.63, 3.8) is 0 Å². The number of likely N-dealkylation sites (tertiary alicyclic amines) is 1. The number of nitrogens with two attached hydrogens (primary N) is 1. The van der Waals surface area contributed by atoms with Crippen molar-refractivity contribution in [1.29, 1.82) is 0 Å². The summed E-state index contributed by atoms with van der Waals surface area (Å²) in [5.74, 6) is 1.80. The lowest BCUT2D eigenvalue weighted by Gasteiger charge is -2.37. The molecule has 3 atom stereocenters. The number of nitrogens with one attached hydrogen (secondary N) is 2. The molecule has 4 amide bonds. The number of aromatic nitrogens is 3. The Balaban J connectivity index is 0.770. The normalized spacial score (nSPS) is 23.8. The summed E-state index contributed by atoms with van der Waals surface area (Å²) < 4.78 is 5.78. The van der Waals surface area contributed by atoms with Gasteiger partial charge in [0.15, 0.2) is 17.1 Å². The van der Waals surface area contributed by atoms with E-state index in [1.165, 1.54) is 17.7 Å². The lowest BCUT2D eigenvalue weighted by atomic mass is 9.89. The van der Waals surface area contributed by atoms with Crippen molar-refractivity contribution in [3.8, 4) is 0 Å². The molecule has 0 spiro atoms. The minimum Gasteiger partial charge on any atom is -0.371 e. The van der Waals surface area contributed by atoms with E-state index in [2.05, 4.69) is 65.8 Å². The highest BCUT2D eigenvalue weighted by Gasteiger charge is 2.35. The molecule has 5 fully saturated rings. The van der Waals surface area contributed by atoms with E-state index >= 15 is 0 Å². The molecule has 57 heavy (non-hydrogen) atoms. The summed E-state index contributed by atoms with van der Waals surface area (Å²) in [6, 6.07) is 15.1. The lowest BCUT2D eigenvalue weighted by molar-refractivity contribution is -0.122. The van der Waals surface area contributed by atoms with Gasteiger partial charge in [0.05, 0.1) is 17.9 Å². The number of carbonyl (C=O) groups excluding carboxylic acids is 3. The van der Waals surface area contributed by atoms with Crippen LogP contribution < -0.4 is 26.2 Å². The second kappa shape index (κ2) is 15.8. The molecule has 0 radical (unpaired) electrons. The molecule has 300 valence electrons. The van der Waals surface area contributed by atoms with Gasteiger partial charge in [-0.05, 0) is 93.3 Å². The highest BCUT2D eigenvalue weighted by molar-refractivity contribution is 5.96. The number of primary amides is 1. The van der Waals surface area contributed by atoms with Gasteiger partial charge < -0.3 is 45.4 Å². The van der Waals surface area contributed by atoms with Gasteiger partial charge in [0.25, 0.3) is 5.91 Å². The molecule has 2 aromatic carbocycles. The van der Waals surface area contributed by atoms with Crippen LogP contribution in [-0.4, -0.2) is 126 Å². The fourth-order valence-corrected chi connectivity index (χ4v) is 9.63. The quantitative estimate of drug-likeness (QED) is 0.208. The van der Waals surface area contributed by atoms with Crippen molar-refractivity contribution in [1.82, 2.24) is 35.1 Å². The number of hydrogen-bond acceptors (Lipinski definition) is 11. The van der Waals surface area contributed by atoms with Gasteiger partial charge in [-0.1, -0.05) is 17.3 Å². The Hall–Kier alpha value is -5.44. The minimum atomic E-state index is -0.636. The summed E-state index contributed by atoms with van der Waals surface area (Å²) in [4.78, 5) is 56.9. The summed E-state index contributed by atoms with van der Waals surface area (Å²) in [5.41, 5.74) is 10.9. The van der Waals surface area contributed by atoms with Gasteiger partial charge in [0.2, 0.25) is 5.91 Å². The van der Waals surface area contributed by atoms with Crippen LogP contribution in [0, 0.1) is 5.92 Å². The standard InChI is InChI=1S/C42H53N11O4/c1-49-19-20-53(42(49)56)33-3-2-15-52(26-33)36-23-45-39(40(43)55)41(47-36)46-31-7-4-28(5-8-31)29-13-16-50(17-14-29)24-27-12-18-51(25-27)32-9-10-34-35(21-32)57-48-38(34)30-6-11-37(54)44-22-30/h4-5,7-10,21,23,27,29-30,33H,2-3,6,11-20,22,24-26H2,1H3,(H2,43,55)(H,44,54)(H,46,47)/t27-,30?,33-/m1/s1. The average Bonchev–Trinajstić information content (AvgIpc) is 3.97. The Labute approximate surface area is 332 Å². The van der Waals surface area contributed by atoms with Crippen LogP contribution in [0.15, 0.2) is 53.2 Å². The zero-order chi connectivity index (χ0) is 39.0. The molecule has 4 N–H and O–H groups in total. The van der Waals surface area contributed by atoms with Gasteiger partial charge in [-0.3, -0.25) is 9.59 Å². The van der Waals surface area contributed by atoms with E-state index < -0.39 is 5.91 Å². The average molecular weight is 776 g/mol. The van der Waals surface area contributed by atoms with E-state index in [-0.39, 0.29) is 29.6 Å². The first kappa shape index (κ1) is 37.2. The topological polar surface area (TPSA) is 169 Å². The Morgan fingerprint density at radius 2 is 1.77 bits per heavy atom. The number of likely N-dealkylation sites (N-methyl/N-ethyl adjacent to an activating group) is 1. The van der Waals surface area contributed by atoms with E-state index in [9.17, 15) is 14.4 Å². The van der Waals surface area contributed by atoms with Crippen LogP contribution in [0.25, 0.3) is 11.0 Å². The molecule has 7 heterocycles. The van der Waals surface area contributed by atoms with Crippen molar-refractivity contribution in [3.05, 3.63) is 65.6 Å². The van der Waals surface area contributed by atoms with Crippen molar-refractivity contribution in [2.45, 2.75) is 62.8 Å². The number of carbonyl (C=O) groups is 3. The highest BCUT2D eigenvalue weighted by atomic mass is 16.5. The predicted molar refractivity (Wildman–Crippen MR) is 218 cm³/mol. The molecule has 0 saturated carbocycles. The van der Waals surface area contributed by atoms with Gasteiger partial charge in [0.1, 0.15) is 5.82 Å². The Bertz CT molecular complexity index is 2110. The summed E-state index contributed by atoms with van der Waals surface area (Å²) >= 11 is 0. The summed E-state index contributed by atoms with van der Waals surface area (Å²) in [7, 11) is 1.84. The molecule has 1 unspecified atom stereocenters. The maximum absolute atomic E-state index is 12.7. The number of fused-ring (bicyclic) bond motifs is 1. The number of anilines is 4. The third-order valence-corrected chi connectivity index (χ3v) is 12.9. The monoisotopic (exact) mass is 775 g/mol. The predicted octanol–water partition coefficient (Wildman–Crippen LogP) is 4.50. The molecule has 15 nitrogen and oxygen atoms in total. The summed E-state index contributed by atoms with van der Waals surface area (Å²) in [5, 5.41) is 11.7. The van der Waals surface area contributed by atoms with Crippen LogP contribution >= 0.6 is 0 Å². The van der Waals surface area contributed by atoms with Gasteiger partial charge in [-0.25, -0.2) is 14.8 Å². The number of piperidine rings is 3. The van der Waals surface area contributed by atoms with E-state index in [0.717, 1.165) is 107 Å². The molecule has 5 saturated heterocycles. The number of amides is 4. The molecule has 15 heteroatoms. The van der Waals surface area contributed by atoms with Gasteiger partial charge >= 0.3 is 6.03 Å². The zero-order valence-electron chi connectivity index (χ0n) is 32.7. The Morgan fingerprint density at radius 1 is 0.930 bits per heavy atom. The van der Waals surface area contributed by atoms with Gasteiger partial charge in [-0.15, -0.1) is 0 Å². The van der Waals surface area contributed by atoms with E-state index in [0.29, 0.717) is 43.0 Å². The maximum Gasteiger partial charge on any atom is 0.320 e. The van der Waals surface area contributed by atoms with Crippen LogP contribution in [0.4, 0.5) is 27.8 Å². The SMILES string of the molecule is CN1CCN([C@@H]2CCCN(c3cnc(C(N)=O)c(Nc4ccc(C5CCN(C[C@H]6CCN(c7ccc8c(C9CCC(=O)NC9)noc8c7)C6)CC5)cc4)n3)C2)C1=O. The van der Waals surface area contributed by atoms with Crippen LogP contribution in [-0.2, 0) is 4.79 Å². The van der Waals surface area contributed by atoms with E-state index in [1.54, 1.807) is 11.1 Å². The van der Waals surface area contributed by atoms with Crippen molar-refractivity contribution in [2.75, 3.05) is 87.6 Å². The molecular formula is C42H53N11O4. The fraction of sp³-hybridized carbons (Fsp3) is 0.524. The minimum absolute atomic E-state index is 0.0769. The number of urea groups is 1. The molecule has 0 aliphatic carbocycles. The summed E-state index contributed by atoms with van der Waals surface area (Å²) in [6.07, 6.45) is 8.26. The molecule has 4 aromatic rings. The highest BCUT2D eigenvalue weighted by Crippen LogP contribution is 2.35. The zero-order valence-corrected chi connectivity index (χ0v) is 32.7. The first-order valence-electron chi connectivity index (χ1n) is 20.7. The Morgan fingerprint density at radius 3 is 2.53 bits per heavy atom. The van der Waals surface area contributed by atoms with Crippen LogP contribution in [0.2, 0.25) is 0 Å². The second-order valence-electron chi connectivity index (χ2n) is 16.6. The largest absolute Gasteiger partial charge is 0.371 e. The third kappa shape index (κ3) is 7.81. The second-order valence-corrected chi connectivity index (χ2v) is 16.6. The first-order valence-corrected chi connectivity index (χ1v) is 20.7. The number of rotatable bonds is 10. The molecular weight excluding hydrogens is 723 g/mol. The number of nitrogens with zero attached hydrogens (tertiary/aromatic N) is 8. The first-order chi connectivity index (χ1) is 27.8. The van der Waals surface area contributed by atoms with Crippen LogP contribution in [0.3, 0.4) is 0 Å². The van der Waals surface area contributed by atoms with Crippen molar-refractivity contribution >= 4 is 51.8 Å². The molecule has 5 aliphatic rings. The van der Waals surface area contributed by atoms with Gasteiger partial charge in [0, 0.05) is 94.6 Å². The van der Waals surface area contributed by atoms with E-state index in [4.69, 9.17) is 15.2 Å². The third-order valence-electron chi connectivity index (χ3n) is 12.9. The fourth-order valence-electron chi connectivity index (χ4n) is 9.63. The molecule has 9 rings (SSSR count). The number of benzene rings is 2. The smallest absolute Gasteiger partial charge is 0.320 e. The Kier molecular flexibility index (Phi) is 10.3. The van der Waals surface area contributed by atoms with Gasteiger partial charge in [-0.2, -0.15) is 0 Å². The van der Waals surface area contributed by atoms with Crippen molar-refractivity contribution < 1.29 is 18.9 Å². The maximum atomic E-state index is 12.7.